The summed E-state index contributed by atoms with van der Waals surface area (Å²) in [6, 6.07) is 15.2. The summed E-state index contributed by atoms with van der Waals surface area (Å²) < 4.78 is 6.57. The monoisotopic (exact) mass is 465 g/mol. The summed E-state index contributed by atoms with van der Waals surface area (Å²) in [5.41, 5.74) is 3.07. The Morgan fingerprint density at radius 1 is 1.00 bits per heavy atom. The topological polar surface area (TPSA) is 70.8 Å². The third kappa shape index (κ3) is 3.37. The highest BCUT2D eigenvalue weighted by Gasteiger charge is 2.48. The van der Waals surface area contributed by atoms with E-state index in [-0.39, 0.29) is 11.3 Å². The Morgan fingerprint density at radius 2 is 1.77 bits per heavy atom. The first-order valence-electron chi connectivity index (χ1n) is 9.48. The van der Waals surface area contributed by atoms with Crippen LogP contribution in [0.1, 0.15) is 34.3 Å². The number of aliphatic hydroxyl groups is 1. The minimum absolute atomic E-state index is 0.0116. The highest BCUT2D eigenvalue weighted by molar-refractivity contribution is 9.10. The average molecular weight is 466 g/mol. The largest absolute Gasteiger partial charge is 0.507 e. The molecule has 2 aromatic carbocycles. The van der Waals surface area contributed by atoms with E-state index in [9.17, 15) is 14.7 Å². The normalized spacial score (nSPS) is 18.3. The van der Waals surface area contributed by atoms with E-state index in [1.807, 2.05) is 32.0 Å². The van der Waals surface area contributed by atoms with Crippen molar-refractivity contribution >= 4 is 39.1 Å². The summed E-state index contributed by atoms with van der Waals surface area (Å²) in [7, 11) is 0. The zero-order valence-electron chi connectivity index (χ0n) is 16.8. The van der Waals surface area contributed by atoms with Crippen molar-refractivity contribution in [3.63, 3.8) is 0 Å². The van der Waals surface area contributed by atoms with Gasteiger partial charge in [0.15, 0.2) is 0 Å². The van der Waals surface area contributed by atoms with Gasteiger partial charge in [0.05, 0.1) is 5.57 Å². The van der Waals surface area contributed by atoms with Crippen molar-refractivity contribution in [3.8, 4) is 0 Å². The minimum atomic E-state index is -0.866. The van der Waals surface area contributed by atoms with Gasteiger partial charge in [0, 0.05) is 15.7 Å². The number of hydrogen-bond donors (Lipinski definition) is 1. The molecule has 6 heteroatoms. The molecule has 0 aliphatic carbocycles. The summed E-state index contributed by atoms with van der Waals surface area (Å²) >= 11 is 3.41. The van der Waals surface area contributed by atoms with E-state index in [1.54, 1.807) is 43.3 Å². The fourth-order valence-corrected chi connectivity index (χ4v) is 4.03. The lowest BCUT2D eigenvalue weighted by Gasteiger charge is -2.23. The van der Waals surface area contributed by atoms with Crippen molar-refractivity contribution in [2.45, 2.75) is 26.8 Å². The molecule has 0 spiro atoms. The number of aryl methyl sites for hydroxylation is 3. The fourth-order valence-electron chi connectivity index (χ4n) is 3.64. The first kappa shape index (κ1) is 20.2. The molecule has 1 aliphatic heterocycles. The number of aliphatic hydroxyl groups excluding tert-OH is 1. The van der Waals surface area contributed by atoms with Crippen LogP contribution >= 0.6 is 15.9 Å². The zero-order valence-corrected chi connectivity index (χ0v) is 18.4. The smallest absolute Gasteiger partial charge is 0.300 e. The van der Waals surface area contributed by atoms with E-state index in [2.05, 4.69) is 15.9 Å². The maximum atomic E-state index is 13.1. The molecule has 1 N–H and O–H groups in total. The van der Waals surface area contributed by atoms with Gasteiger partial charge in [-0.25, -0.2) is 0 Å². The van der Waals surface area contributed by atoms with Crippen LogP contribution in [0.4, 0.5) is 5.69 Å². The molecule has 3 aromatic rings. The van der Waals surface area contributed by atoms with Crippen LogP contribution in [0, 0.1) is 20.8 Å². The Balaban J connectivity index is 1.95. The van der Waals surface area contributed by atoms with Crippen LogP contribution in [0.3, 0.4) is 0 Å². The van der Waals surface area contributed by atoms with Gasteiger partial charge in [0.1, 0.15) is 23.3 Å². The molecule has 1 aromatic heterocycles. The fraction of sp³-hybridized carbons (Fsp3) is 0.167. The van der Waals surface area contributed by atoms with Gasteiger partial charge in [-0.3, -0.25) is 14.5 Å². The number of amides is 1. The molecule has 1 saturated heterocycles. The van der Waals surface area contributed by atoms with E-state index < -0.39 is 17.7 Å². The molecule has 0 radical (unpaired) electrons. The minimum Gasteiger partial charge on any atom is -0.507 e. The van der Waals surface area contributed by atoms with E-state index in [4.69, 9.17) is 4.42 Å². The Kier molecular flexibility index (Phi) is 5.12. The molecular weight excluding hydrogens is 446 g/mol. The van der Waals surface area contributed by atoms with Gasteiger partial charge in [-0.1, -0.05) is 34.1 Å². The molecule has 1 unspecified atom stereocenters. The molecule has 2 heterocycles. The molecule has 1 fully saturated rings. The van der Waals surface area contributed by atoms with Gasteiger partial charge in [0.2, 0.25) is 0 Å². The summed E-state index contributed by atoms with van der Waals surface area (Å²) in [4.78, 5) is 27.5. The average Bonchev–Trinajstić information content (AvgIpc) is 3.25. The van der Waals surface area contributed by atoms with Gasteiger partial charge in [0.25, 0.3) is 11.7 Å². The van der Waals surface area contributed by atoms with E-state index >= 15 is 0 Å². The standard InChI is InChI=1S/C24H20BrNO4/c1-13-7-9-16(11-14(13)2)22(27)20-21(19-10-8-15(3)30-19)26(24(29)23(20)28)18-6-4-5-17(25)12-18/h4-12,21,27H,1-3H3/b22-20-. The second-order valence-corrected chi connectivity index (χ2v) is 8.31. The maximum absolute atomic E-state index is 13.1. The number of carbonyl (C=O) groups is 2. The van der Waals surface area contributed by atoms with Crippen LogP contribution in [0.5, 0.6) is 0 Å². The molecule has 1 atom stereocenters. The van der Waals surface area contributed by atoms with E-state index in [0.29, 0.717) is 22.8 Å². The van der Waals surface area contributed by atoms with Crippen LogP contribution in [-0.4, -0.2) is 16.8 Å². The molecular formula is C24H20BrNO4. The van der Waals surface area contributed by atoms with Crippen molar-refractivity contribution in [2.75, 3.05) is 4.90 Å². The van der Waals surface area contributed by atoms with Crippen molar-refractivity contribution in [1.29, 1.82) is 0 Å². The highest BCUT2D eigenvalue weighted by atomic mass is 79.9. The number of nitrogens with zero attached hydrogens (tertiary/aromatic N) is 1. The third-order valence-corrected chi connectivity index (χ3v) is 5.84. The highest BCUT2D eigenvalue weighted by Crippen LogP contribution is 2.43. The predicted molar refractivity (Wildman–Crippen MR) is 118 cm³/mol. The van der Waals surface area contributed by atoms with E-state index in [1.165, 1.54) is 4.90 Å². The van der Waals surface area contributed by atoms with Crippen molar-refractivity contribution in [3.05, 3.63) is 92.9 Å². The number of benzene rings is 2. The molecule has 0 saturated carbocycles. The molecule has 5 nitrogen and oxygen atoms in total. The first-order chi connectivity index (χ1) is 14.3. The Bertz CT molecular complexity index is 1210. The van der Waals surface area contributed by atoms with Crippen molar-refractivity contribution in [2.24, 2.45) is 0 Å². The molecule has 1 amide bonds. The van der Waals surface area contributed by atoms with Crippen molar-refractivity contribution in [1.82, 2.24) is 0 Å². The molecule has 4 rings (SSSR count). The zero-order chi connectivity index (χ0) is 21.6. The Labute approximate surface area is 182 Å². The molecule has 1 aliphatic rings. The summed E-state index contributed by atoms with van der Waals surface area (Å²) in [5.74, 6) is -0.608. The number of ketones is 1. The quantitative estimate of drug-likeness (QED) is 0.310. The van der Waals surface area contributed by atoms with Crippen LogP contribution in [0.2, 0.25) is 0 Å². The Hall–Kier alpha value is -3.12. The first-order valence-corrected chi connectivity index (χ1v) is 10.3. The van der Waals surface area contributed by atoms with Gasteiger partial charge < -0.3 is 9.52 Å². The van der Waals surface area contributed by atoms with E-state index in [0.717, 1.165) is 15.6 Å². The number of anilines is 1. The summed E-state index contributed by atoms with van der Waals surface area (Å²) in [6.07, 6.45) is 0. The number of furan rings is 1. The Morgan fingerprint density at radius 3 is 2.40 bits per heavy atom. The van der Waals surface area contributed by atoms with Crippen LogP contribution in [0.15, 0.2) is 69.1 Å². The summed E-state index contributed by atoms with van der Waals surface area (Å²) in [5, 5.41) is 11.1. The number of halogens is 1. The lowest BCUT2D eigenvalue weighted by Crippen LogP contribution is -2.29. The second kappa shape index (κ2) is 7.61. The third-order valence-electron chi connectivity index (χ3n) is 5.34. The van der Waals surface area contributed by atoms with Gasteiger partial charge in [-0.2, -0.15) is 0 Å². The second-order valence-electron chi connectivity index (χ2n) is 7.40. The van der Waals surface area contributed by atoms with Crippen LogP contribution in [-0.2, 0) is 9.59 Å². The molecule has 0 bridgehead atoms. The number of carbonyl (C=O) groups excluding carboxylic acids is 2. The summed E-state index contributed by atoms with van der Waals surface area (Å²) in [6.45, 7) is 5.69. The van der Waals surface area contributed by atoms with Gasteiger partial charge in [-0.05, 0) is 68.3 Å². The predicted octanol–water partition coefficient (Wildman–Crippen LogP) is 5.59. The lowest BCUT2D eigenvalue weighted by atomic mass is 9.97. The number of rotatable bonds is 3. The molecule has 152 valence electrons. The SMILES string of the molecule is Cc1ccc(C2/C(=C(/O)c3ccc(C)c(C)c3)C(=O)C(=O)N2c2cccc(Br)c2)o1. The molecule has 30 heavy (non-hydrogen) atoms. The lowest BCUT2D eigenvalue weighted by molar-refractivity contribution is -0.132. The number of Topliss-reactive ketones (excluding diaryl/α,β-unsaturated/α-hetero) is 1. The number of hydrogen-bond acceptors (Lipinski definition) is 4. The maximum Gasteiger partial charge on any atom is 0.300 e. The van der Waals surface area contributed by atoms with Crippen LogP contribution in [0.25, 0.3) is 5.76 Å². The van der Waals surface area contributed by atoms with Crippen molar-refractivity contribution < 1.29 is 19.1 Å². The van der Waals surface area contributed by atoms with Gasteiger partial charge in [-0.15, -0.1) is 0 Å². The van der Waals surface area contributed by atoms with Crippen LogP contribution < -0.4 is 4.90 Å². The van der Waals surface area contributed by atoms with Gasteiger partial charge >= 0.3 is 0 Å².